The number of hydrogen-bond donors (Lipinski definition) is 2. The van der Waals surface area contributed by atoms with Crippen LogP contribution in [0, 0.1) is 13.8 Å². The van der Waals surface area contributed by atoms with E-state index in [-0.39, 0.29) is 16.7 Å². The lowest BCUT2D eigenvalue weighted by Gasteiger charge is -2.13. The van der Waals surface area contributed by atoms with Gasteiger partial charge in [-0.3, -0.25) is 9.59 Å². The van der Waals surface area contributed by atoms with Gasteiger partial charge < -0.3 is 10.3 Å². The van der Waals surface area contributed by atoms with Crippen molar-refractivity contribution in [3.63, 3.8) is 0 Å². The van der Waals surface area contributed by atoms with Gasteiger partial charge in [-0.15, -0.1) is 34.9 Å². The minimum absolute atomic E-state index is 0.0623. The Labute approximate surface area is 170 Å². The summed E-state index contributed by atoms with van der Waals surface area (Å²) < 4.78 is 0. The highest BCUT2D eigenvalue weighted by Gasteiger charge is 2.17. The molecule has 0 fully saturated rings. The highest BCUT2D eigenvalue weighted by atomic mass is 32.2. The predicted molar refractivity (Wildman–Crippen MR) is 117 cm³/mol. The van der Waals surface area contributed by atoms with E-state index in [1.807, 2.05) is 51.3 Å². The summed E-state index contributed by atoms with van der Waals surface area (Å²) in [4.78, 5) is 35.2. The molecule has 0 unspecified atom stereocenters. The fourth-order valence-electron chi connectivity index (χ4n) is 2.63. The van der Waals surface area contributed by atoms with Crippen LogP contribution in [0.1, 0.15) is 23.2 Å². The van der Waals surface area contributed by atoms with Crippen LogP contribution >= 0.6 is 34.9 Å². The Morgan fingerprint density at radius 2 is 2.07 bits per heavy atom. The molecule has 0 aliphatic heterocycles. The quantitative estimate of drug-likeness (QED) is 0.572. The molecule has 5 nitrogen and oxygen atoms in total. The molecule has 0 saturated heterocycles. The predicted octanol–water partition coefficient (Wildman–Crippen LogP) is 4.58. The maximum Gasteiger partial charge on any atom is 0.259 e. The molecule has 0 saturated carbocycles. The number of nitrogens with zero attached hydrogens (tertiary/aromatic N) is 1. The van der Waals surface area contributed by atoms with E-state index in [9.17, 15) is 9.59 Å². The SMILES string of the molecule is CSc1ccccc1NC(=O)[C@@H](C)SCc1nc2sc(C)c(C)c2c(=O)[nH]1. The lowest BCUT2D eigenvalue weighted by molar-refractivity contribution is -0.115. The highest BCUT2D eigenvalue weighted by molar-refractivity contribution is 7.99. The third kappa shape index (κ3) is 4.39. The molecule has 2 N–H and O–H groups in total. The van der Waals surface area contributed by atoms with Crippen molar-refractivity contribution in [2.24, 2.45) is 0 Å². The van der Waals surface area contributed by atoms with Crippen molar-refractivity contribution in [3.05, 3.63) is 50.9 Å². The fraction of sp³-hybridized carbons (Fsp3) is 0.316. The van der Waals surface area contributed by atoms with E-state index < -0.39 is 0 Å². The fourth-order valence-corrected chi connectivity index (χ4v) is 4.99. The summed E-state index contributed by atoms with van der Waals surface area (Å²) in [7, 11) is 0. The molecule has 27 heavy (non-hydrogen) atoms. The van der Waals surface area contributed by atoms with Crippen LogP contribution in [0.15, 0.2) is 34.0 Å². The van der Waals surface area contributed by atoms with Gasteiger partial charge in [0.05, 0.1) is 22.1 Å². The van der Waals surface area contributed by atoms with E-state index in [4.69, 9.17) is 0 Å². The molecule has 1 atom stereocenters. The van der Waals surface area contributed by atoms with Crippen LogP contribution in [-0.4, -0.2) is 27.4 Å². The molecule has 0 aliphatic rings. The number of nitrogens with one attached hydrogen (secondary N) is 2. The number of anilines is 1. The molecule has 8 heteroatoms. The summed E-state index contributed by atoms with van der Waals surface area (Å²) >= 11 is 4.58. The van der Waals surface area contributed by atoms with Gasteiger partial charge in [-0.05, 0) is 44.7 Å². The second kappa shape index (κ2) is 8.50. The number of aromatic amines is 1. The Kier molecular flexibility index (Phi) is 6.29. The normalized spacial score (nSPS) is 12.3. The number of para-hydroxylation sites is 1. The Morgan fingerprint density at radius 1 is 1.33 bits per heavy atom. The van der Waals surface area contributed by atoms with Crippen molar-refractivity contribution in [3.8, 4) is 0 Å². The number of carbonyl (C=O) groups excluding carboxylic acids is 1. The van der Waals surface area contributed by atoms with E-state index in [0.29, 0.717) is 17.0 Å². The first kappa shape index (κ1) is 20.0. The van der Waals surface area contributed by atoms with E-state index in [0.717, 1.165) is 25.9 Å². The maximum atomic E-state index is 12.5. The number of hydrogen-bond acceptors (Lipinski definition) is 6. The molecule has 142 valence electrons. The molecular weight excluding hydrogens is 398 g/mol. The van der Waals surface area contributed by atoms with Gasteiger partial charge in [-0.1, -0.05) is 12.1 Å². The summed E-state index contributed by atoms with van der Waals surface area (Å²) in [5.74, 6) is 1.01. The second-order valence-corrected chi connectivity index (χ2v) is 9.50. The Bertz CT molecular complexity index is 1040. The first-order chi connectivity index (χ1) is 12.9. The van der Waals surface area contributed by atoms with Crippen LogP contribution in [0.5, 0.6) is 0 Å². The first-order valence-corrected chi connectivity index (χ1v) is 11.5. The number of rotatable bonds is 6. The lowest BCUT2D eigenvalue weighted by Crippen LogP contribution is -2.23. The van der Waals surface area contributed by atoms with Gasteiger partial charge in [-0.2, -0.15) is 0 Å². The molecule has 2 aromatic heterocycles. The van der Waals surface area contributed by atoms with E-state index >= 15 is 0 Å². The van der Waals surface area contributed by atoms with Crippen LogP contribution in [0.2, 0.25) is 0 Å². The van der Waals surface area contributed by atoms with Gasteiger partial charge >= 0.3 is 0 Å². The average molecular weight is 420 g/mol. The first-order valence-electron chi connectivity index (χ1n) is 8.45. The van der Waals surface area contributed by atoms with Crippen molar-refractivity contribution in [1.82, 2.24) is 9.97 Å². The molecule has 1 aromatic carbocycles. The molecule has 3 rings (SSSR count). The third-order valence-corrected chi connectivity index (χ3v) is 7.34. The zero-order chi connectivity index (χ0) is 19.6. The summed E-state index contributed by atoms with van der Waals surface area (Å²) in [6, 6.07) is 7.73. The molecule has 3 aromatic rings. The summed E-state index contributed by atoms with van der Waals surface area (Å²) in [6.45, 7) is 5.80. The van der Waals surface area contributed by atoms with Crippen LogP contribution in [0.4, 0.5) is 5.69 Å². The second-order valence-electron chi connectivity index (χ2n) is 6.12. The van der Waals surface area contributed by atoms with Crippen LogP contribution in [0.3, 0.4) is 0 Å². The van der Waals surface area contributed by atoms with Crippen molar-refractivity contribution in [1.29, 1.82) is 0 Å². The van der Waals surface area contributed by atoms with Gasteiger partial charge in [-0.25, -0.2) is 4.98 Å². The zero-order valence-corrected chi connectivity index (χ0v) is 18.0. The van der Waals surface area contributed by atoms with Gasteiger partial charge in [0, 0.05) is 9.77 Å². The zero-order valence-electron chi connectivity index (χ0n) is 15.6. The van der Waals surface area contributed by atoms with Crippen molar-refractivity contribution in [2.45, 2.75) is 36.7 Å². The van der Waals surface area contributed by atoms with Crippen LogP contribution in [-0.2, 0) is 10.5 Å². The molecule has 0 aliphatic carbocycles. The summed E-state index contributed by atoms with van der Waals surface area (Å²) in [5, 5.41) is 3.38. The number of fused-ring (bicyclic) bond motifs is 1. The van der Waals surface area contributed by atoms with Gasteiger partial charge in [0.2, 0.25) is 5.91 Å². The van der Waals surface area contributed by atoms with Crippen LogP contribution in [0.25, 0.3) is 10.2 Å². The number of aryl methyl sites for hydroxylation is 2. The smallest absolute Gasteiger partial charge is 0.259 e. The average Bonchev–Trinajstić information content (AvgIpc) is 2.94. The Morgan fingerprint density at radius 3 is 2.81 bits per heavy atom. The number of amides is 1. The van der Waals surface area contributed by atoms with Crippen LogP contribution < -0.4 is 10.9 Å². The number of carbonyl (C=O) groups is 1. The number of thiophene rings is 1. The molecular formula is C19H21N3O2S3. The number of aromatic nitrogens is 2. The van der Waals surface area contributed by atoms with E-state index in [1.54, 1.807) is 11.8 Å². The maximum absolute atomic E-state index is 12.5. The molecule has 0 spiro atoms. The molecule has 0 bridgehead atoms. The van der Waals surface area contributed by atoms with Gasteiger partial charge in [0.15, 0.2) is 0 Å². The monoisotopic (exact) mass is 419 g/mol. The van der Waals surface area contributed by atoms with E-state index in [1.165, 1.54) is 23.1 Å². The van der Waals surface area contributed by atoms with E-state index in [2.05, 4.69) is 15.3 Å². The Balaban J connectivity index is 1.68. The van der Waals surface area contributed by atoms with Gasteiger partial charge in [0.25, 0.3) is 5.56 Å². The standard InChI is InChI=1S/C19H21N3O2S3/c1-10-11(2)27-19-16(10)18(24)21-15(22-19)9-26-12(3)17(23)20-13-7-5-6-8-14(13)25-4/h5-8,12H,9H2,1-4H3,(H,20,23)(H,21,22,24)/t12-/m1/s1. The number of H-pyrrole nitrogens is 1. The van der Waals surface area contributed by atoms with Crippen molar-refractivity contribution >= 4 is 56.7 Å². The van der Waals surface area contributed by atoms with Gasteiger partial charge in [0.1, 0.15) is 10.7 Å². The largest absolute Gasteiger partial charge is 0.324 e. The molecule has 1 amide bonds. The minimum atomic E-state index is -0.271. The minimum Gasteiger partial charge on any atom is -0.324 e. The lowest BCUT2D eigenvalue weighted by atomic mass is 10.2. The summed E-state index contributed by atoms with van der Waals surface area (Å²) in [5.41, 5.74) is 1.70. The van der Waals surface area contributed by atoms with Crippen molar-refractivity contribution < 1.29 is 4.79 Å². The molecule has 2 heterocycles. The summed E-state index contributed by atoms with van der Waals surface area (Å²) in [6.07, 6.45) is 1.98. The Hall–Kier alpha value is -1.77. The molecule has 0 radical (unpaired) electrons. The highest BCUT2D eigenvalue weighted by Crippen LogP contribution is 2.28. The number of benzene rings is 1. The topological polar surface area (TPSA) is 74.8 Å². The number of thioether (sulfide) groups is 2. The third-order valence-electron chi connectivity index (χ3n) is 4.29. The van der Waals surface area contributed by atoms with Crippen molar-refractivity contribution in [2.75, 3.05) is 11.6 Å².